The van der Waals surface area contributed by atoms with Gasteiger partial charge < -0.3 is 5.11 Å². The molecule has 1 N–H and O–H groups in total. The maximum Gasteiger partial charge on any atom is 0.234 e. The smallest absolute Gasteiger partial charge is 0.234 e. The number of aromatic hydroxyl groups is 1. The van der Waals surface area contributed by atoms with Crippen molar-refractivity contribution in [3.8, 4) is 5.88 Å². The second kappa shape index (κ2) is 1.65. The Hall–Kier alpha value is -1.32. The van der Waals surface area contributed by atoms with Crippen LogP contribution in [0.15, 0.2) is 12.3 Å². The van der Waals surface area contributed by atoms with E-state index < -0.39 is 0 Å². The van der Waals surface area contributed by atoms with Gasteiger partial charge in [0.1, 0.15) is 0 Å². The summed E-state index contributed by atoms with van der Waals surface area (Å²) < 4.78 is 0.981. The molecule has 1 rings (SSSR count). The Morgan fingerprint density at radius 1 is 1.88 bits per heavy atom. The van der Waals surface area contributed by atoms with Gasteiger partial charge in [0.25, 0.3) is 0 Å². The van der Waals surface area contributed by atoms with Crippen molar-refractivity contribution in [2.75, 3.05) is 0 Å². The van der Waals surface area contributed by atoms with Gasteiger partial charge in [-0.3, -0.25) is 4.79 Å². The number of carbonyl (C=O) groups excluding carboxylic acids is 1. The highest BCUT2D eigenvalue weighted by Crippen LogP contribution is 1.98. The van der Waals surface area contributed by atoms with E-state index in [0.29, 0.717) is 6.41 Å². The molecule has 0 aliphatic carbocycles. The van der Waals surface area contributed by atoms with Crippen LogP contribution in [0.4, 0.5) is 0 Å². The lowest BCUT2D eigenvalue weighted by molar-refractivity contribution is 0.446. The van der Waals surface area contributed by atoms with Crippen LogP contribution in [0.3, 0.4) is 0 Å². The number of hydrogen-bond acceptors (Lipinski definition) is 3. The number of nitrogens with zero attached hydrogens (tertiary/aromatic N) is 2. The molecule has 0 atom stereocenters. The van der Waals surface area contributed by atoms with E-state index in [1.807, 2.05) is 0 Å². The summed E-state index contributed by atoms with van der Waals surface area (Å²) >= 11 is 0. The Morgan fingerprint density at radius 2 is 2.62 bits per heavy atom. The molecular weight excluding hydrogens is 108 g/mol. The van der Waals surface area contributed by atoms with Crippen LogP contribution in [0, 0.1) is 0 Å². The molecule has 0 fully saturated rings. The van der Waals surface area contributed by atoms with E-state index in [4.69, 9.17) is 5.11 Å². The molecule has 0 bridgehead atoms. The van der Waals surface area contributed by atoms with Crippen LogP contribution in [-0.2, 0) is 4.79 Å². The molecule has 0 unspecified atom stereocenters. The van der Waals surface area contributed by atoms with E-state index in [1.165, 1.54) is 12.3 Å². The molecule has 0 saturated heterocycles. The van der Waals surface area contributed by atoms with Gasteiger partial charge in [-0.25, -0.2) is 4.68 Å². The van der Waals surface area contributed by atoms with Crippen molar-refractivity contribution in [2.45, 2.75) is 0 Å². The van der Waals surface area contributed by atoms with Crippen LogP contribution in [0.5, 0.6) is 5.88 Å². The second-order valence-corrected chi connectivity index (χ2v) is 1.26. The van der Waals surface area contributed by atoms with Gasteiger partial charge in [-0.2, -0.15) is 0 Å². The molecule has 1 aromatic heterocycles. The van der Waals surface area contributed by atoms with Crippen LogP contribution < -0.4 is 0 Å². The standard InChI is InChI=1S/C4H4N2O2/c7-3-6-2-1-4(8)5-6/h1-3H,(H,5,8). The predicted octanol–water partition coefficient (Wildman–Crippen LogP) is -0.373. The third-order valence-electron chi connectivity index (χ3n) is 0.702. The Morgan fingerprint density at radius 3 is 2.88 bits per heavy atom. The lowest BCUT2D eigenvalue weighted by Gasteiger charge is -1.78. The fourth-order valence-electron chi connectivity index (χ4n) is 0.387. The Kier molecular flexibility index (Phi) is 0.997. The number of rotatable bonds is 1. The molecule has 4 heteroatoms. The summed E-state index contributed by atoms with van der Waals surface area (Å²) in [5, 5.41) is 11.8. The van der Waals surface area contributed by atoms with Gasteiger partial charge in [0.2, 0.25) is 12.3 Å². The fourth-order valence-corrected chi connectivity index (χ4v) is 0.387. The highest BCUT2D eigenvalue weighted by atomic mass is 16.3. The zero-order valence-electron chi connectivity index (χ0n) is 3.98. The molecule has 0 amide bonds. The first-order valence-electron chi connectivity index (χ1n) is 2.02. The molecule has 0 radical (unpaired) electrons. The third kappa shape index (κ3) is 0.676. The SMILES string of the molecule is O=Cn1ccc(O)n1. The number of carbonyl (C=O) groups is 1. The Balaban J connectivity index is 3.00. The number of hydrogen-bond donors (Lipinski definition) is 1. The summed E-state index contributed by atoms with van der Waals surface area (Å²) in [6.07, 6.45) is 1.86. The zero-order chi connectivity index (χ0) is 5.98. The average Bonchev–Trinajstić information content (AvgIpc) is 2.14. The van der Waals surface area contributed by atoms with E-state index in [0.717, 1.165) is 4.68 Å². The normalized spacial score (nSPS) is 9.00. The quantitative estimate of drug-likeness (QED) is 0.504. The topological polar surface area (TPSA) is 55.1 Å². The van der Waals surface area contributed by atoms with Crippen molar-refractivity contribution in [1.82, 2.24) is 9.78 Å². The lowest BCUT2D eigenvalue weighted by Crippen LogP contribution is -1.92. The molecule has 0 aromatic carbocycles. The van der Waals surface area contributed by atoms with Crippen LogP contribution in [-0.4, -0.2) is 21.3 Å². The maximum atomic E-state index is 9.81. The van der Waals surface area contributed by atoms with Gasteiger partial charge in [0.05, 0.1) is 0 Å². The molecule has 0 spiro atoms. The summed E-state index contributed by atoms with van der Waals surface area (Å²) in [6, 6.07) is 1.33. The molecule has 0 saturated carbocycles. The van der Waals surface area contributed by atoms with Crippen LogP contribution in [0.25, 0.3) is 0 Å². The maximum absolute atomic E-state index is 9.81. The van der Waals surface area contributed by atoms with Crippen molar-refractivity contribution >= 4 is 6.41 Å². The molecule has 4 nitrogen and oxygen atoms in total. The van der Waals surface area contributed by atoms with Crippen molar-refractivity contribution in [3.63, 3.8) is 0 Å². The number of aromatic nitrogens is 2. The molecular formula is C4H4N2O2. The molecule has 0 aliphatic heterocycles. The summed E-state index contributed by atoms with van der Waals surface area (Å²) in [5.41, 5.74) is 0. The van der Waals surface area contributed by atoms with Crippen molar-refractivity contribution in [3.05, 3.63) is 12.3 Å². The summed E-state index contributed by atoms with van der Waals surface area (Å²) in [5.74, 6) is -0.142. The first-order valence-corrected chi connectivity index (χ1v) is 2.02. The highest BCUT2D eigenvalue weighted by Gasteiger charge is 1.89. The van der Waals surface area contributed by atoms with Gasteiger partial charge >= 0.3 is 0 Å². The highest BCUT2D eigenvalue weighted by molar-refractivity contribution is 5.50. The fraction of sp³-hybridized carbons (Fsp3) is 0. The van der Waals surface area contributed by atoms with E-state index >= 15 is 0 Å². The lowest BCUT2D eigenvalue weighted by atomic mass is 10.7. The van der Waals surface area contributed by atoms with Crippen molar-refractivity contribution < 1.29 is 9.90 Å². The van der Waals surface area contributed by atoms with E-state index in [-0.39, 0.29) is 5.88 Å². The van der Waals surface area contributed by atoms with Gasteiger partial charge in [0, 0.05) is 12.3 Å². The van der Waals surface area contributed by atoms with Gasteiger partial charge in [-0.1, -0.05) is 0 Å². The minimum atomic E-state index is -0.142. The first-order chi connectivity index (χ1) is 3.83. The van der Waals surface area contributed by atoms with Crippen LogP contribution in [0.2, 0.25) is 0 Å². The molecule has 1 heterocycles. The zero-order valence-corrected chi connectivity index (χ0v) is 3.98. The Labute approximate surface area is 45.4 Å². The largest absolute Gasteiger partial charge is 0.492 e. The Bertz CT molecular complexity index is 194. The van der Waals surface area contributed by atoms with E-state index in [1.54, 1.807) is 0 Å². The summed E-state index contributed by atoms with van der Waals surface area (Å²) in [7, 11) is 0. The van der Waals surface area contributed by atoms with Crippen molar-refractivity contribution in [2.24, 2.45) is 0 Å². The van der Waals surface area contributed by atoms with E-state index in [9.17, 15) is 4.79 Å². The predicted molar refractivity (Wildman–Crippen MR) is 26.0 cm³/mol. The van der Waals surface area contributed by atoms with Gasteiger partial charge in [0.15, 0.2) is 0 Å². The monoisotopic (exact) mass is 112 g/mol. The first kappa shape index (κ1) is 4.83. The summed E-state index contributed by atoms with van der Waals surface area (Å²) in [4.78, 5) is 9.81. The molecule has 42 valence electrons. The molecule has 1 aromatic rings. The summed E-state index contributed by atoms with van der Waals surface area (Å²) in [6.45, 7) is 0. The van der Waals surface area contributed by atoms with E-state index in [2.05, 4.69) is 5.10 Å². The van der Waals surface area contributed by atoms with Gasteiger partial charge in [-0.15, -0.1) is 5.10 Å². The van der Waals surface area contributed by atoms with Gasteiger partial charge in [-0.05, 0) is 0 Å². The second-order valence-electron chi connectivity index (χ2n) is 1.26. The van der Waals surface area contributed by atoms with Crippen LogP contribution in [0.1, 0.15) is 0 Å². The third-order valence-corrected chi connectivity index (χ3v) is 0.702. The minimum Gasteiger partial charge on any atom is -0.492 e. The molecule has 0 aliphatic rings. The minimum absolute atomic E-state index is 0.142. The van der Waals surface area contributed by atoms with Crippen LogP contribution >= 0.6 is 0 Å². The molecule has 8 heavy (non-hydrogen) atoms. The average molecular weight is 112 g/mol. The van der Waals surface area contributed by atoms with Crippen molar-refractivity contribution in [1.29, 1.82) is 0 Å².